The largest absolute Gasteiger partial charge is 3.00 e. The van der Waals surface area contributed by atoms with E-state index in [1.54, 1.807) is 14.7 Å². The Kier molecular flexibility index (Phi) is 46.1. The van der Waals surface area contributed by atoms with Crippen molar-refractivity contribution in [1.29, 1.82) is 0 Å². The molecule has 6 fully saturated rings. The SMILES string of the molecule is O=S([O-])CN1CCN2CCN(CCN(CCN(CS(=O)O)CS(=O)O)CC2)CC1.O=S([O-])CN1CCN2CCN(CCN(CCN(CS(=O)O)CS(=O)O)CC2)CC1.O=S([O-])CN1CCN2CCN(CCN(CCN(CS(=O)O)CS(=O)O)CC2)CC1.[Ho+3]. The van der Waals surface area contributed by atoms with E-state index in [9.17, 15) is 51.5 Å². The van der Waals surface area contributed by atoms with E-state index in [4.69, 9.17) is 27.3 Å². The minimum atomic E-state index is -2.07. The quantitative estimate of drug-likeness (QED) is 0.0329. The molecule has 0 aliphatic carbocycles. The molecule has 0 spiro atoms. The van der Waals surface area contributed by atoms with Crippen molar-refractivity contribution in [3.63, 3.8) is 0 Å². The second kappa shape index (κ2) is 48.4. The van der Waals surface area contributed by atoms with Crippen LogP contribution in [0.1, 0.15) is 0 Å². The second-order valence-corrected chi connectivity index (χ2v) is 30.1. The van der Waals surface area contributed by atoms with Crippen LogP contribution < -0.4 is 0 Å². The van der Waals surface area contributed by atoms with Crippen molar-refractivity contribution >= 4 is 99.7 Å². The van der Waals surface area contributed by atoms with Gasteiger partial charge in [-0.1, -0.05) is 0 Å². The van der Waals surface area contributed by atoms with Crippen molar-refractivity contribution in [3.8, 4) is 0 Å². The molecule has 15 unspecified atom stereocenters. The number of hydrogen-bond donors (Lipinski definition) is 6. The first-order valence-electron chi connectivity index (χ1n) is 28.9. The van der Waals surface area contributed by atoms with Crippen LogP contribution in [-0.2, 0) is 99.7 Å². The average molecular weight is 1590 g/mol. The van der Waals surface area contributed by atoms with Gasteiger partial charge in [0, 0.05) is 236 Å². The Balaban J connectivity index is 0.000000343. The van der Waals surface area contributed by atoms with Gasteiger partial charge in [0.2, 0.25) is 0 Å². The van der Waals surface area contributed by atoms with Crippen molar-refractivity contribution in [2.24, 2.45) is 0 Å². The van der Waals surface area contributed by atoms with Crippen LogP contribution in [0.15, 0.2) is 0 Å². The minimum Gasteiger partial charge on any atom is -0.771 e. The summed E-state index contributed by atoms with van der Waals surface area (Å²) in [7, 11) is 0. The second-order valence-electron chi connectivity index (χ2n) is 22.1. The first-order chi connectivity index (χ1) is 41.4. The third-order valence-corrected chi connectivity index (χ3v) is 21.1. The summed E-state index contributed by atoms with van der Waals surface area (Å²) in [5, 5.41) is 0. The predicted octanol–water partition coefficient (Wildman–Crippen LogP) is -6.84. The van der Waals surface area contributed by atoms with E-state index in [0.717, 1.165) is 196 Å². The van der Waals surface area contributed by atoms with Crippen molar-refractivity contribution in [1.82, 2.24) is 73.5 Å². The fourth-order valence-electron chi connectivity index (χ4n) is 10.7. The van der Waals surface area contributed by atoms with Gasteiger partial charge in [-0.15, -0.1) is 0 Å². The minimum absolute atomic E-state index is 0. The predicted molar refractivity (Wildman–Crippen MR) is 338 cm³/mol. The van der Waals surface area contributed by atoms with Gasteiger partial charge in [-0.3, -0.25) is 86.1 Å². The van der Waals surface area contributed by atoms with Crippen molar-refractivity contribution in [3.05, 3.63) is 0 Å². The molecule has 88 heavy (non-hydrogen) atoms. The molecular formula is C45H96HoN15O18S9. The fourth-order valence-corrected chi connectivity index (χ4v) is 15.9. The molecule has 0 aromatic rings. The maximum Gasteiger partial charge on any atom is 3.00 e. The number of hydrogen-bond acceptors (Lipinski definition) is 27. The van der Waals surface area contributed by atoms with Gasteiger partial charge >= 0.3 is 37.7 Å². The summed E-state index contributed by atoms with van der Waals surface area (Å²) in [5.74, 6) is -0.647. The first-order valence-corrected chi connectivity index (χ1v) is 40.3. The van der Waals surface area contributed by atoms with Crippen LogP contribution in [0.5, 0.6) is 0 Å². The summed E-state index contributed by atoms with van der Waals surface area (Å²) in [6.07, 6.45) is 0. The molecule has 0 aromatic heterocycles. The van der Waals surface area contributed by atoms with Crippen LogP contribution in [0.4, 0.5) is 0 Å². The molecular weight excluding hydrogens is 1490 g/mol. The zero-order valence-electron chi connectivity index (χ0n) is 50.1. The standard InChI is InChI=1S/3C15H33N5O6S3.Ho/c3*21-27(22)13-19-10-7-16-1-2-17(8-11-19)4-6-18(5-3-16)9-12-20(14-28(23)24)15-29(25)26;/h3*1-15H2,(H,21,22)(H,23,24)(H,25,26);/q;;;+3/p-3. The number of rotatable bonds is 27. The van der Waals surface area contributed by atoms with Gasteiger partial charge in [0.1, 0.15) is 35.3 Å². The van der Waals surface area contributed by atoms with Gasteiger partial charge in [-0.05, 0) is 33.2 Å². The molecule has 0 aromatic carbocycles. The third-order valence-electron chi connectivity index (χ3n) is 15.8. The van der Waals surface area contributed by atoms with Gasteiger partial charge in [0.05, 0.1) is 17.6 Å². The molecule has 43 heteroatoms. The van der Waals surface area contributed by atoms with E-state index in [2.05, 4.69) is 44.1 Å². The molecule has 6 N–H and O–H groups in total. The Bertz CT molecular complexity index is 1850. The molecule has 0 amide bonds. The van der Waals surface area contributed by atoms with Crippen LogP contribution in [0.25, 0.3) is 0 Å². The van der Waals surface area contributed by atoms with E-state index in [0.29, 0.717) is 39.3 Å². The van der Waals surface area contributed by atoms with Crippen LogP contribution in [0, 0.1) is 37.7 Å². The van der Waals surface area contributed by atoms with Crippen molar-refractivity contribution in [2.75, 3.05) is 289 Å². The fraction of sp³-hybridized carbons (Fsp3) is 1.00. The van der Waals surface area contributed by atoms with Gasteiger partial charge in [0.15, 0.2) is 66.5 Å². The van der Waals surface area contributed by atoms with E-state index < -0.39 is 99.7 Å². The van der Waals surface area contributed by atoms with Gasteiger partial charge < -0.3 is 41.0 Å². The summed E-state index contributed by atoms with van der Waals surface area (Å²) < 4.78 is 188. The van der Waals surface area contributed by atoms with Gasteiger partial charge in [0.25, 0.3) is 0 Å². The number of fused-ring (bicyclic) bond motifs is 9. The molecule has 524 valence electrons. The van der Waals surface area contributed by atoms with Gasteiger partial charge in [-0.25, -0.2) is 25.3 Å². The molecule has 6 aliphatic heterocycles. The smallest absolute Gasteiger partial charge is 0.771 e. The van der Waals surface area contributed by atoms with E-state index >= 15 is 0 Å². The summed E-state index contributed by atoms with van der Waals surface area (Å²) in [5.41, 5.74) is 0. The average Bonchev–Trinajstić information content (AvgIpc) is 3.94. The molecule has 6 aliphatic rings. The summed E-state index contributed by atoms with van der Waals surface area (Å²) in [6.45, 7) is 28.4. The van der Waals surface area contributed by atoms with E-state index in [-0.39, 0.29) is 90.6 Å². The Morgan fingerprint density at radius 1 is 0.250 bits per heavy atom. The molecule has 15 atom stereocenters. The Morgan fingerprint density at radius 3 is 0.523 bits per heavy atom. The molecule has 6 saturated heterocycles. The molecule has 6 heterocycles. The Hall–Kier alpha value is 1.65. The zero-order chi connectivity index (χ0) is 63.7. The van der Waals surface area contributed by atoms with Crippen molar-refractivity contribution < 1.29 is 117 Å². The van der Waals surface area contributed by atoms with Gasteiger partial charge in [-0.2, -0.15) is 0 Å². The third kappa shape index (κ3) is 40.4. The molecule has 33 nitrogen and oxygen atoms in total. The molecule has 6 bridgehead atoms. The van der Waals surface area contributed by atoms with Crippen LogP contribution >= 0.6 is 0 Å². The van der Waals surface area contributed by atoms with E-state index in [1.807, 2.05) is 14.7 Å². The van der Waals surface area contributed by atoms with Crippen molar-refractivity contribution in [2.45, 2.75) is 0 Å². The molecule has 0 saturated carbocycles. The van der Waals surface area contributed by atoms with Crippen LogP contribution in [-0.4, -0.2) is 441 Å². The zero-order valence-corrected chi connectivity index (χ0v) is 59.4. The topological polar surface area (TPSA) is 393 Å². The summed E-state index contributed by atoms with van der Waals surface area (Å²) >= 11 is -18.5. The maximum atomic E-state index is 11.1. The van der Waals surface area contributed by atoms with E-state index in [1.165, 1.54) is 0 Å². The molecule has 0 radical (unpaired) electrons. The first kappa shape index (κ1) is 83.9. The maximum absolute atomic E-state index is 11.1. The Labute approximate surface area is 573 Å². The Morgan fingerprint density at radius 2 is 0.386 bits per heavy atom. The summed E-state index contributed by atoms with van der Waals surface area (Å²) in [6, 6.07) is 0. The normalized spacial score (nSPS) is 28.2. The summed E-state index contributed by atoms with van der Waals surface area (Å²) in [4.78, 5) is 31.5. The van der Waals surface area contributed by atoms with Crippen LogP contribution in [0.3, 0.4) is 0 Å². The molecule has 6 rings (SSSR count). The monoisotopic (exact) mass is 1590 g/mol. The number of nitrogens with zero attached hydrogens (tertiary/aromatic N) is 15. The van der Waals surface area contributed by atoms with Crippen LogP contribution in [0.2, 0.25) is 0 Å².